The van der Waals surface area contributed by atoms with Gasteiger partial charge >= 0.3 is 0 Å². The predicted molar refractivity (Wildman–Crippen MR) is 103 cm³/mol. The smallest absolute Gasteiger partial charge is 0.231 e. The van der Waals surface area contributed by atoms with Crippen LogP contribution >= 0.6 is 0 Å². The fourth-order valence-electron chi connectivity index (χ4n) is 3.93. The first-order valence-electron chi connectivity index (χ1n) is 9.25. The van der Waals surface area contributed by atoms with Crippen LogP contribution in [-0.2, 0) is 16.0 Å². The molecule has 4 heteroatoms. The highest BCUT2D eigenvalue weighted by molar-refractivity contribution is 6.05. The Bertz CT molecular complexity index is 889. The Kier molecular flexibility index (Phi) is 4.06. The van der Waals surface area contributed by atoms with Crippen LogP contribution in [0.5, 0.6) is 0 Å². The summed E-state index contributed by atoms with van der Waals surface area (Å²) in [5, 5.41) is 3.01. The van der Waals surface area contributed by atoms with Crippen LogP contribution in [0.4, 0.5) is 11.4 Å². The van der Waals surface area contributed by atoms with Crippen molar-refractivity contribution in [1.82, 2.24) is 0 Å². The summed E-state index contributed by atoms with van der Waals surface area (Å²) < 4.78 is 0. The number of rotatable bonds is 3. The zero-order valence-corrected chi connectivity index (χ0v) is 15.5. The SMILES string of the molecule is Cc1ccc(C)c(NC(=O)C2CC2C(=O)N2c3ccccc3CC2C)c1. The molecule has 0 spiro atoms. The molecule has 1 heterocycles. The van der Waals surface area contributed by atoms with Crippen molar-refractivity contribution < 1.29 is 9.59 Å². The van der Waals surface area contributed by atoms with Crippen molar-refractivity contribution in [3.63, 3.8) is 0 Å². The van der Waals surface area contributed by atoms with Gasteiger partial charge in [0, 0.05) is 17.4 Å². The van der Waals surface area contributed by atoms with Crippen molar-refractivity contribution in [2.24, 2.45) is 11.8 Å². The first-order chi connectivity index (χ1) is 12.5. The quantitative estimate of drug-likeness (QED) is 0.916. The van der Waals surface area contributed by atoms with Crippen molar-refractivity contribution >= 4 is 23.2 Å². The van der Waals surface area contributed by atoms with Gasteiger partial charge in [-0.25, -0.2) is 0 Å². The third-order valence-electron chi connectivity index (χ3n) is 5.54. The van der Waals surface area contributed by atoms with Crippen molar-refractivity contribution in [1.29, 1.82) is 0 Å². The van der Waals surface area contributed by atoms with E-state index in [4.69, 9.17) is 0 Å². The Balaban J connectivity index is 1.46. The van der Waals surface area contributed by atoms with Gasteiger partial charge in [0.1, 0.15) is 0 Å². The lowest BCUT2D eigenvalue weighted by Gasteiger charge is -2.23. The normalized spacial score (nSPS) is 23.5. The number of fused-ring (bicyclic) bond motifs is 1. The van der Waals surface area contributed by atoms with E-state index in [-0.39, 0.29) is 29.7 Å². The molecule has 1 aliphatic heterocycles. The van der Waals surface area contributed by atoms with Gasteiger partial charge in [0.05, 0.1) is 11.8 Å². The van der Waals surface area contributed by atoms with Gasteiger partial charge < -0.3 is 10.2 Å². The van der Waals surface area contributed by atoms with E-state index in [2.05, 4.69) is 18.3 Å². The zero-order chi connectivity index (χ0) is 18.4. The van der Waals surface area contributed by atoms with Crippen LogP contribution in [-0.4, -0.2) is 17.9 Å². The molecule has 2 aliphatic rings. The van der Waals surface area contributed by atoms with Crippen molar-refractivity contribution in [2.75, 3.05) is 10.2 Å². The number of aryl methyl sites for hydroxylation is 2. The Labute approximate surface area is 154 Å². The number of benzene rings is 2. The van der Waals surface area contributed by atoms with E-state index in [1.807, 2.05) is 55.1 Å². The van der Waals surface area contributed by atoms with E-state index >= 15 is 0 Å². The number of anilines is 2. The highest BCUT2D eigenvalue weighted by Gasteiger charge is 2.51. The Morgan fingerprint density at radius 3 is 2.65 bits per heavy atom. The van der Waals surface area contributed by atoms with Gasteiger partial charge in [-0.1, -0.05) is 30.3 Å². The van der Waals surface area contributed by atoms with Crippen LogP contribution in [0.3, 0.4) is 0 Å². The number of nitrogens with zero attached hydrogens (tertiary/aromatic N) is 1. The molecule has 0 bridgehead atoms. The zero-order valence-electron chi connectivity index (χ0n) is 15.5. The molecule has 4 rings (SSSR count). The third-order valence-corrected chi connectivity index (χ3v) is 5.54. The number of hydrogen-bond donors (Lipinski definition) is 1. The van der Waals surface area contributed by atoms with Crippen LogP contribution in [0.2, 0.25) is 0 Å². The van der Waals surface area contributed by atoms with Crippen LogP contribution in [0.1, 0.15) is 30.0 Å². The molecule has 4 nitrogen and oxygen atoms in total. The average Bonchev–Trinajstić information content (AvgIpc) is 3.34. The molecular formula is C22H24N2O2. The molecule has 1 N–H and O–H groups in total. The minimum Gasteiger partial charge on any atom is -0.326 e. The summed E-state index contributed by atoms with van der Waals surface area (Å²) >= 11 is 0. The average molecular weight is 348 g/mol. The van der Waals surface area contributed by atoms with Gasteiger partial charge in [-0.05, 0) is 62.4 Å². The van der Waals surface area contributed by atoms with E-state index in [1.54, 1.807) is 0 Å². The Morgan fingerprint density at radius 1 is 1.08 bits per heavy atom. The minimum absolute atomic E-state index is 0.0443. The van der Waals surface area contributed by atoms with Gasteiger partial charge in [0.15, 0.2) is 0 Å². The molecule has 3 atom stereocenters. The number of amides is 2. The molecule has 0 aromatic heterocycles. The van der Waals surface area contributed by atoms with Crippen LogP contribution in [0.25, 0.3) is 0 Å². The molecule has 134 valence electrons. The van der Waals surface area contributed by atoms with Crippen LogP contribution < -0.4 is 10.2 Å². The maximum atomic E-state index is 13.0. The van der Waals surface area contributed by atoms with E-state index in [9.17, 15) is 9.59 Å². The van der Waals surface area contributed by atoms with Crippen molar-refractivity contribution in [3.05, 3.63) is 59.2 Å². The monoisotopic (exact) mass is 348 g/mol. The summed E-state index contributed by atoms with van der Waals surface area (Å²) in [6.07, 6.45) is 1.52. The van der Waals surface area contributed by atoms with Gasteiger partial charge in [0.25, 0.3) is 0 Å². The third kappa shape index (κ3) is 2.90. The summed E-state index contributed by atoms with van der Waals surface area (Å²) in [5.74, 6) is -0.378. The summed E-state index contributed by atoms with van der Waals surface area (Å²) in [5.41, 5.74) is 5.20. The summed E-state index contributed by atoms with van der Waals surface area (Å²) in [6, 6.07) is 14.2. The summed E-state index contributed by atoms with van der Waals surface area (Å²) in [4.78, 5) is 27.5. The molecule has 2 aromatic rings. The highest BCUT2D eigenvalue weighted by Crippen LogP contribution is 2.44. The summed E-state index contributed by atoms with van der Waals surface area (Å²) in [7, 11) is 0. The van der Waals surface area contributed by atoms with Gasteiger partial charge in [-0.2, -0.15) is 0 Å². The standard InChI is InChI=1S/C22H24N2O2/c1-13-8-9-14(2)19(10-13)23-21(25)17-12-18(17)22(26)24-15(3)11-16-6-4-5-7-20(16)24/h4-10,15,17-18H,11-12H2,1-3H3,(H,23,25). The molecule has 0 radical (unpaired) electrons. The Morgan fingerprint density at radius 2 is 1.85 bits per heavy atom. The first-order valence-corrected chi connectivity index (χ1v) is 9.25. The van der Waals surface area contributed by atoms with E-state index in [0.717, 1.165) is 28.9 Å². The van der Waals surface area contributed by atoms with Crippen LogP contribution in [0, 0.1) is 25.7 Å². The summed E-state index contributed by atoms with van der Waals surface area (Å²) in [6.45, 7) is 6.06. The maximum Gasteiger partial charge on any atom is 0.231 e. The first kappa shape index (κ1) is 16.8. The molecule has 0 saturated heterocycles. The van der Waals surface area contributed by atoms with E-state index < -0.39 is 0 Å². The van der Waals surface area contributed by atoms with Crippen LogP contribution in [0.15, 0.2) is 42.5 Å². The number of nitrogens with one attached hydrogen (secondary N) is 1. The fraction of sp³-hybridized carbons (Fsp3) is 0.364. The van der Waals surface area contributed by atoms with Gasteiger partial charge in [-0.3, -0.25) is 9.59 Å². The minimum atomic E-state index is -0.220. The molecule has 2 aromatic carbocycles. The van der Waals surface area contributed by atoms with Crippen molar-refractivity contribution in [2.45, 2.75) is 39.7 Å². The lowest BCUT2D eigenvalue weighted by molar-refractivity contribution is -0.123. The number of para-hydroxylation sites is 1. The topological polar surface area (TPSA) is 49.4 Å². The number of carbonyl (C=O) groups is 2. The number of carbonyl (C=O) groups excluding carboxylic acids is 2. The number of hydrogen-bond acceptors (Lipinski definition) is 2. The fourth-order valence-corrected chi connectivity index (χ4v) is 3.93. The second kappa shape index (κ2) is 6.27. The highest BCUT2D eigenvalue weighted by atomic mass is 16.2. The van der Waals surface area contributed by atoms with E-state index in [0.29, 0.717) is 6.42 Å². The lowest BCUT2D eigenvalue weighted by Crippen LogP contribution is -2.37. The second-order valence-corrected chi connectivity index (χ2v) is 7.65. The Hall–Kier alpha value is -2.62. The molecule has 2 amide bonds. The van der Waals surface area contributed by atoms with E-state index in [1.165, 1.54) is 5.56 Å². The molecule has 1 aliphatic carbocycles. The molecule has 26 heavy (non-hydrogen) atoms. The molecule has 1 saturated carbocycles. The van der Waals surface area contributed by atoms with Crippen molar-refractivity contribution in [3.8, 4) is 0 Å². The molecule has 1 fully saturated rings. The largest absolute Gasteiger partial charge is 0.326 e. The van der Waals surface area contributed by atoms with Gasteiger partial charge in [0.2, 0.25) is 11.8 Å². The lowest BCUT2D eigenvalue weighted by atomic mass is 10.1. The maximum absolute atomic E-state index is 13.0. The predicted octanol–water partition coefficient (Wildman–Crippen LogP) is 3.86. The van der Waals surface area contributed by atoms with Gasteiger partial charge in [-0.15, -0.1) is 0 Å². The second-order valence-electron chi connectivity index (χ2n) is 7.65. The molecular weight excluding hydrogens is 324 g/mol. The molecule has 3 unspecified atom stereocenters.